The number of ether oxygens (including phenoxy) is 1. The van der Waals surface area contributed by atoms with Crippen LogP contribution in [-0.4, -0.2) is 39.4 Å². The van der Waals surface area contributed by atoms with Crippen LogP contribution in [0.4, 0.5) is 5.69 Å². The number of carbonyl (C=O) groups is 2. The lowest BCUT2D eigenvalue weighted by Crippen LogP contribution is -2.29. The fourth-order valence-electron chi connectivity index (χ4n) is 3.71. The lowest BCUT2D eigenvalue weighted by atomic mass is 10.1. The molecule has 3 aromatic carbocycles. The Hall–Kier alpha value is -3.85. The number of hydrogen-bond acceptors (Lipinski definition) is 6. The Balaban J connectivity index is 1.30. The van der Waals surface area contributed by atoms with Gasteiger partial charge in [0.2, 0.25) is 11.8 Å². The Kier molecular flexibility index (Phi) is 7.67. The second-order valence-electron chi connectivity index (χ2n) is 8.11. The van der Waals surface area contributed by atoms with E-state index in [1.54, 1.807) is 11.7 Å². The number of amides is 2. The average molecular weight is 490 g/mol. The van der Waals surface area contributed by atoms with Crippen LogP contribution in [0.3, 0.4) is 0 Å². The molecule has 8 nitrogen and oxygen atoms in total. The maximum atomic E-state index is 12.5. The fourth-order valence-corrected chi connectivity index (χ4v) is 4.43. The maximum Gasteiger partial charge on any atom is 0.234 e. The molecule has 4 aromatic rings. The van der Waals surface area contributed by atoms with E-state index in [1.807, 2.05) is 80.7 Å². The summed E-state index contributed by atoms with van der Waals surface area (Å²) in [7, 11) is 3.43. The van der Waals surface area contributed by atoms with Crippen molar-refractivity contribution >= 4 is 40.0 Å². The van der Waals surface area contributed by atoms with E-state index < -0.39 is 0 Å². The Morgan fingerprint density at radius 1 is 1.00 bits per heavy atom. The highest BCUT2D eigenvalue weighted by molar-refractivity contribution is 7.99. The number of fused-ring (bicyclic) bond motifs is 1. The molecule has 4 rings (SSSR count). The van der Waals surface area contributed by atoms with Crippen LogP contribution in [0.1, 0.15) is 24.4 Å². The third-order valence-electron chi connectivity index (χ3n) is 5.52. The molecule has 1 atom stereocenters. The van der Waals surface area contributed by atoms with Crippen molar-refractivity contribution in [1.82, 2.24) is 20.1 Å². The van der Waals surface area contributed by atoms with E-state index >= 15 is 0 Å². The predicted molar refractivity (Wildman–Crippen MR) is 138 cm³/mol. The van der Waals surface area contributed by atoms with Crippen molar-refractivity contribution in [3.63, 3.8) is 0 Å². The highest BCUT2D eigenvalue weighted by atomic mass is 32.2. The van der Waals surface area contributed by atoms with Crippen molar-refractivity contribution in [2.45, 2.75) is 24.5 Å². The van der Waals surface area contributed by atoms with Crippen LogP contribution >= 0.6 is 11.8 Å². The summed E-state index contributed by atoms with van der Waals surface area (Å²) in [5.74, 6) is 1.31. The standard InChI is InChI=1S/C26H27N5O3S/c1-17(27-23(32)14-18-8-12-22(34-3)13-9-18)25-29-30-26(31(25)2)35-16-24(33)28-21-11-10-19-6-4-5-7-20(19)15-21/h4-13,15,17H,14,16H2,1-3H3,(H,27,32)(H,28,33). The third-order valence-corrected chi connectivity index (χ3v) is 6.54. The molecule has 9 heteroatoms. The molecular formula is C26H27N5O3S. The van der Waals surface area contributed by atoms with Crippen molar-refractivity contribution in [3.8, 4) is 5.75 Å². The van der Waals surface area contributed by atoms with Crippen LogP contribution in [0.25, 0.3) is 10.8 Å². The normalized spacial score (nSPS) is 11.7. The number of thioether (sulfide) groups is 1. The Labute approximate surface area is 208 Å². The molecule has 1 aromatic heterocycles. The number of rotatable bonds is 9. The summed E-state index contributed by atoms with van der Waals surface area (Å²) in [5, 5.41) is 17.1. The van der Waals surface area contributed by atoms with Crippen LogP contribution < -0.4 is 15.4 Å². The van der Waals surface area contributed by atoms with Crippen LogP contribution in [0, 0.1) is 0 Å². The van der Waals surface area contributed by atoms with Gasteiger partial charge in [0.15, 0.2) is 11.0 Å². The SMILES string of the molecule is COc1ccc(CC(=O)NC(C)c2nnc(SCC(=O)Nc3ccc4ccccc4c3)n2C)cc1. The number of methoxy groups -OCH3 is 1. The molecule has 0 aliphatic heterocycles. The highest BCUT2D eigenvalue weighted by Gasteiger charge is 2.18. The lowest BCUT2D eigenvalue weighted by molar-refractivity contribution is -0.121. The van der Waals surface area contributed by atoms with Gasteiger partial charge in [-0.15, -0.1) is 10.2 Å². The van der Waals surface area contributed by atoms with Gasteiger partial charge in [0.05, 0.1) is 25.3 Å². The number of benzene rings is 3. The van der Waals surface area contributed by atoms with Gasteiger partial charge in [0.1, 0.15) is 5.75 Å². The first-order valence-corrected chi connectivity index (χ1v) is 12.1. The first-order chi connectivity index (χ1) is 16.9. The summed E-state index contributed by atoms with van der Waals surface area (Å²) in [6.07, 6.45) is 0.253. The van der Waals surface area contributed by atoms with Crippen LogP contribution in [0.15, 0.2) is 71.9 Å². The molecular weight excluding hydrogens is 462 g/mol. The van der Waals surface area contributed by atoms with Gasteiger partial charge in [0.25, 0.3) is 0 Å². The van der Waals surface area contributed by atoms with Gasteiger partial charge < -0.3 is 19.9 Å². The molecule has 0 fully saturated rings. The van der Waals surface area contributed by atoms with Gasteiger partial charge in [-0.25, -0.2) is 0 Å². The Morgan fingerprint density at radius 3 is 2.49 bits per heavy atom. The second-order valence-corrected chi connectivity index (χ2v) is 9.06. The number of aromatic nitrogens is 3. The summed E-state index contributed by atoms with van der Waals surface area (Å²) in [5.41, 5.74) is 1.64. The second kappa shape index (κ2) is 11.1. The molecule has 0 spiro atoms. The highest BCUT2D eigenvalue weighted by Crippen LogP contribution is 2.22. The van der Waals surface area contributed by atoms with Crippen LogP contribution in [0.2, 0.25) is 0 Å². The van der Waals surface area contributed by atoms with Crippen molar-refractivity contribution in [2.24, 2.45) is 7.05 Å². The first kappa shape index (κ1) is 24.3. The van der Waals surface area contributed by atoms with E-state index in [1.165, 1.54) is 11.8 Å². The Morgan fingerprint density at radius 2 is 1.74 bits per heavy atom. The number of anilines is 1. The maximum absolute atomic E-state index is 12.5. The monoisotopic (exact) mass is 489 g/mol. The molecule has 35 heavy (non-hydrogen) atoms. The zero-order valence-electron chi connectivity index (χ0n) is 19.8. The van der Waals surface area contributed by atoms with Gasteiger partial charge in [-0.05, 0) is 47.5 Å². The minimum absolute atomic E-state index is 0.116. The molecule has 0 aliphatic rings. The quantitative estimate of drug-likeness (QED) is 0.343. The third kappa shape index (κ3) is 6.19. The van der Waals surface area contributed by atoms with Crippen molar-refractivity contribution in [2.75, 3.05) is 18.2 Å². The summed E-state index contributed by atoms with van der Waals surface area (Å²) < 4.78 is 6.94. The molecule has 0 saturated carbocycles. The zero-order valence-corrected chi connectivity index (χ0v) is 20.6. The van der Waals surface area contributed by atoms with E-state index in [-0.39, 0.29) is 30.0 Å². The van der Waals surface area contributed by atoms with Gasteiger partial charge in [-0.3, -0.25) is 9.59 Å². The van der Waals surface area contributed by atoms with E-state index in [0.29, 0.717) is 11.0 Å². The summed E-state index contributed by atoms with van der Waals surface area (Å²) in [6, 6.07) is 20.9. The topological polar surface area (TPSA) is 98.1 Å². The number of nitrogens with one attached hydrogen (secondary N) is 2. The minimum Gasteiger partial charge on any atom is -0.497 e. The minimum atomic E-state index is -0.334. The fraction of sp³-hybridized carbons (Fsp3) is 0.231. The number of nitrogens with zero attached hydrogens (tertiary/aromatic N) is 3. The molecule has 2 amide bonds. The molecule has 0 aliphatic carbocycles. The van der Waals surface area contributed by atoms with E-state index in [9.17, 15) is 9.59 Å². The van der Waals surface area contributed by atoms with Gasteiger partial charge in [-0.2, -0.15) is 0 Å². The van der Waals surface area contributed by atoms with E-state index in [0.717, 1.165) is 27.8 Å². The van der Waals surface area contributed by atoms with Gasteiger partial charge in [-0.1, -0.05) is 54.2 Å². The molecule has 1 heterocycles. The zero-order chi connectivity index (χ0) is 24.8. The molecule has 2 N–H and O–H groups in total. The lowest BCUT2D eigenvalue weighted by Gasteiger charge is -2.14. The number of carbonyl (C=O) groups excluding carboxylic acids is 2. The Bertz CT molecular complexity index is 1340. The van der Waals surface area contributed by atoms with Crippen molar-refractivity contribution < 1.29 is 14.3 Å². The molecule has 0 radical (unpaired) electrons. The average Bonchev–Trinajstić information content (AvgIpc) is 3.23. The van der Waals surface area contributed by atoms with Crippen LogP contribution in [0.5, 0.6) is 5.75 Å². The predicted octanol–water partition coefficient (Wildman–Crippen LogP) is 4.13. The summed E-state index contributed by atoms with van der Waals surface area (Å²) >= 11 is 1.29. The van der Waals surface area contributed by atoms with E-state index in [2.05, 4.69) is 20.8 Å². The van der Waals surface area contributed by atoms with Crippen LogP contribution in [-0.2, 0) is 23.1 Å². The molecule has 0 saturated heterocycles. The first-order valence-electron chi connectivity index (χ1n) is 11.2. The molecule has 0 bridgehead atoms. The smallest absolute Gasteiger partial charge is 0.234 e. The molecule has 1 unspecified atom stereocenters. The number of hydrogen-bond donors (Lipinski definition) is 2. The van der Waals surface area contributed by atoms with E-state index in [4.69, 9.17) is 4.74 Å². The largest absolute Gasteiger partial charge is 0.497 e. The molecule has 180 valence electrons. The summed E-state index contributed by atoms with van der Waals surface area (Å²) in [6.45, 7) is 1.86. The van der Waals surface area contributed by atoms with Gasteiger partial charge >= 0.3 is 0 Å². The van der Waals surface area contributed by atoms with Crippen molar-refractivity contribution in [3.05, 3.63) is 78.1 Å². The summed E-state index contributed by atoms with van der Waals surface area (Å²) in [4.78, 5) is 25.0. The van der Waals surface area contributed by atoms with Crippen molar-refractivity contribution in [1.29, 1.82) is 0 Å². The van der Waals surface area contributed by atoms with Gasteiger partial charge in [0, 0.05) is 12.7 Å².